The summed E-state index contributed by atoms with van der Waals surface area (Å²) in [7, 11) is -3.71. The van der Waals surface area contributed by atoms with Crippen molar-refractivity contribution in [3.63, 3.8) is 0 Å². The molecule has 1 aromatic heterocycles. The van der Waals surface area contributed by atoms with Gasteiger partial charge >= 0.3 is 0 Å². The van der Waals surface area contributed by atoms with E-state index in [1.54, 1.807) is 17.5 Å². The van der Waals surface area contributed by atoms with Crippen LogP contribution < -0.4 is 5.32 Å². The van der Waals surface area contributed by atoms with Gasteiger partial charge in [0.25, 0.3) is 10.0 Å². The second kappa shape index (κ2) is 7.83. The van der Waals surface area contributed by atoms with Crippen LogP contribution >= 0.6 is 11.3 Å². The molecule has 140 valence electrons. The van der Waals surface area contributed by atoms with Gasteiger partial charge in [0.2, 0.25) is 5.91 Å². The minimum atomic E-state index is -3.71. The van der Waals surface area contributed by atoms with E-state index in [1.165, 1.54) is 28.6 Å². The summed E-state index contributed by atoms with van der Waals surface area (Å²) >= 11 is 1.11. The second-order valence-corrected chi connectivity index (χ2v) is 9.09. The number of hydrogen-bond acceptors (Lipinski definition) is 5. The van der Waals surface area contributed by atoms with Crippen LogP contribution in [0.3, 0.4) is 0 Å². The molecule has 2 aromatic rings. The number of aliphatic hydroxyl groups is 1. The van der Waals surface area contributed by atoms with Crippen LogP contribution in [0.15, 0.2) is 46.0 Å². The molecule has 0 aliphatic carbocycles. The first kappa shape index (κ1) is 19.0. The Morgan fingerprint density at radius 3 is 2.88 bits per heavy atom. The van der Waals surface area contributed by atoms with E-state index in [1.807, 2.05) is 0 Å². The largest absolute Gasteiger partial charge is 0.387 e. The molecule has 1 aromatic carbocycles. The predicted molar refractivity (Wildman–Crippen MR) is 95.6 cm³/mol. The molecular weight excluding hydrogens is 379 g/mol. The number of rotatable bonds is 6. The molecule has 1 fully saturated rings. The van der Waals surface area contributed by atoms with Gasteiger partial charge in [-0.2, -0.15) is 4.31 Å². The van der Waals surface area contributed by atoms with Crippen molar-refractivity contribution >= 4 is 27.3 Å². The lowest BCUT2D eigenvalue weighted by atomic mass is 10.1. The molecule has 0 radical (unpaired) electrons. The molecule has 6 nitrogen and oxygen atoms in total. The van der Waals surface area contributed by atoms with E-state index < -0.39 is 33.9 Å². The molecule has 1 amide bonds. The first-order chi connectivity index (χ1) is 12.4. The van der Waals surface area contributed by atoms with Gasteiger partial charge in [0.1, 0.15) is 16.1 Å². The van der Waals surface area contributed by atoms with E-state index in [4.69, 9.17) is 0 Å². The van der Waals surface area contributed by atoms with Crippen molar-refractivity contribution in [1.82, 2.24) is 9.62 Å². The van der Waals surface area contributed by atoms with Crippen LogP contribution in [0.2, 0.25) is 0 Å². The molecule has 1 aliphatic rings. The van der Waals surface area contributed by atoms with Crippen LogP contribution in [-0.2, 0) is 14.8 Å². The summed E-state index contributed by atoms with van der Waals surface area (Å²) in [6.07, 6.45) is -0.0554. The van der Waals surface area contributed by atoms with E-state index >= 15 is 0 Å². The van der Waals surface area contributed by atoms with Crippen molar-refractivity contribution in [2.24, 2.45) is 0 Å². The highest BCUT2D eigenvalue weighted by molar-refractivity contribution is 7.91. The fourth-order valence-corrected chi connectivity index (χ4v) is 5.74. The predicted octanol–water partition coefficient (Wildman–Crippen LogP) is 1.89. The SMILES string of the molecule is O=C(NCC(O)c1cccc(F)c1)C1CCCN1S(=O)(=O)c1cccs1. The van der Waals surface area contributed by atoms with E-state index in [0.717, 1.165) is 11.3 Å². The van der Waals surface area contributed by atoms with E-state index in [0.29, 0.717) is 18.4 Å². The number of nitrogens with one attached hydrogen (secondary N) is 1. The Balaban J connectivity index is 1.65. The smallest absolute Gasteiger partial charge is 0.253 e. The number of sulfonamides is 1. The monoisotopic (exact) mass is 398 g/mol. The van der Waals surface area contributed by atoms with Gasteiger partial charge in [-0.3, -0.25) is 4.79 Å². The normalized spacial score (nSPS) is 19.4. The van der Waals surface area contributed by atoms with E-state index in [-0.39, 0.29) is 17.3 Å². The summed E-state index contributed by atoms with van der Waals surface area (Å²) in [6, 6.07) is 7.85. The number of thiophene rings is 1. The van der Waals surface area contributed by atoms with Crippen molar-refractivity contribution in [2.75, 3.05) is 13.1 Å². The highest BCUT2D eigenvalue weighted by Crippen LogP contribution is 2.28. The summed E-state index contributed by atoms with van der Waals surface area (Å²) in [5.41, 5.74) is 0.347. The average Bonchev–Trinajstić information content (AvgIpc) is 3.30. The molecule has 2 atom stereocenters. The summed E-state index contributed by atoms with van der Waals surface area (Å²) in [4.78, 5) is 12.5. The molecule has 26 heavy (non-hydrogen) atoms. The van der Waals surface area contributed by atoms with Gasteiger partial charge in [-0.25, -0.2) is 12.8 Å². The number of nitrogens with zero attached hydrogens (tertiary/aromatic N) is 1. The van der Waals surface area contributed by atoms with Crippen molar-refractivity contribution in [3.8, 4) is 0 Å². The molecule has 0 saturated carbocycles. The zero-order valence-corrected chi connectivity index (χ0v) is 15.5. The van der Waals surface area contributed by atoms with Gasteiger partial charge in [0.05, 0.1) is 6.10 Å². The Morgan fingerprint density at radius 2 is 2.19 bits per heavy atom. The fraction of sp³-hybridized carbons (Fsp3) is 0.353. The summed E-state index contributed by atoms with van der Waals surface area (Å²) < 4.78 is 40.0. The fourth-order valence-electron chi connectivity index (χ4n) is 2.96. The lowest BCUT2D eigenvalue weighted by molar-refractivity contribution is -0.124. The zero-order valence-electron chi connectivity index (χ0n) is 13.8. The van der Waals surface area contributed by atoms with Crippen LogP contribution in [0.4, 0.5) is 4.39 Å². The van der Waals surface area contributed by atoms with Crippen molar-refractivity contribution in [1.29, 1.82) is 0 Å². The lowest BCUT2D eigenvalue weighted by Crippen LogP contribution is -2.46. The van der Waals surface area contributed by atoms with Gasteiger partial charge in [0.15, 0.2) is 0 Å². The van der Waals surface area contributed by atoms with Gasteiger partial charge in [-0.05, 0) is 42.0 Å². The van der Waals surface area contributed by atoms with Crippen LogP contribution in [-0.4, -0.2) is 42.9 Å². The van der Waals surface area contributed by atoms with E-state index in [9.17, 15) is 22.7 Å². The molecule has 1 saturated heterocycles. The summed E-state index contributed by atoms with van der Waals surface area (Å²) in [6.45, 7) is 0.163. The number of hydrogen-bond donors (Lipinski definition) is 2. The molecule has 0 bridgehead atoms. The number of carbonyl (C=O) groups excluding carboxylic acids is 1. The second-order valence-electron chi connectivity index (χ2n) is 6.02. The van der Waals surface area contributed by atoms with Crippen LogP contribution in [0.1, 0.15) is 24.5 Å². The van der Waals surface area contributed by atoms with Crippen molar-refractivity contribution in [2.45, 2.75) is 29.2 Å². The van der Waals surface area contributed by atoms with Gasteiger partial charge in [-0.15, -0.1) is 11.3 Å². The third kappa shape index (κ3) is 3.96. The Morgan fingerprint density at radius 1 is 1.38 bits per heavy atom. The topological polar surface area (TPSA) is 86.7 Å². The van der Waals surface area contributed by atoms with Crippen molar-refractivity contribution < 1.29 is 22.7 Å². The minimum absolute atomic E-state index is 0.119. The zero-order chi connectivity index (χ0) is 18.7. The molecule has 9 heteroatoms. The summed E-state index contributed by atoms with van der Waals surface area (Å²) in [5.74, 6) is -0.935. The first-order valence-electron chi connectivity index (χ1n) is 8.16. The van der Waals surface area contributed by atoms with Crippen LogP contribution in [0, 0.1) is 5.82 Å². The maximum absolute atomic E-state index is 13.2. The quantitative estimate of drug-likeness (QED) is 0.778. The highest BCUT2D eigenvalue weighted by Gasteiger charge is 2.39. The van der Waals surface area contributed by atoms with Gasteiger partial charge < -0.3 is 10.4 Å². The molecule has 1 aliphatic heterocycles. The van der Waals surface area contributed by atoms with Gasteiger partial charge in [0, 0.05) is 13.1 Å². The molecular formula is C17H19FN2O4S2. The highest BCUT2D eigenvalue weighted by atomic mass is 32.2. The third-order valence-electron chi connectivity index (χ3n) is 4.27. The molecule has 2 N–H and O–H groups in total. The number of halogens is 1. The maximum Gasteiger partial charge on any atom is 0.253 e. The maximum atomic E-state index is 13.2. The average molecular weight is 398 g/mol. The van der Waals surface area contributed by atoms with Gasteiger partial charge in [-0.1, -0.05) is 18.2 Å². The number of aliphatic hydroxyl groups excluding tert-OH is 1. The Hall–Kier alpha value is -1.81. The summed E-state index contributed by atoms with van der Waals surface area (Å²) in [5, 5.41) is 14.4. The Labute approximate surface area is 155 Å². The number of carbonyl (C=O) groups is 1. The van der Waals surface area contributed by atoms with E-state index in [2.05, 4.69) is 5.32 Å². The lowest BCUT2D eigenvalue weighted by Gasteiger charge is -2.23. The first-order valence-corrected chi connectivity index (χ1v) is 10.5. The molecule has 3 rings (SSSR count). The number of amides is 1. The molecule has 2 heterocycles. The Bertz CT molecular complexity index is 871. The molecule has 2 unspecified atom stereocenters. The third-order valence-corrected chi connectivity index (χ3v) is 7.55. The van der Waals surface area contributed by atoms with Crippen LogP contribution in [0.25, 0.3) is 0 Å². The standard InChI is InChI=1S/C17H19FN2O4S2/c18-13-5-1-4-12(10-13)15(21)11-19-17(22)14-6-2-8-20(14)26(23,24)16-7-3-9-25-16/h1,3-5,7,9-10,14-15,21H,2,6,8,11H2,(H,19,22). The molecule has 0 spiro atoms. The number of benzene rings is 1. The minimum Gasteiger partial charge on any atom is -0.387 e. The van der Waals surface area contributed by atoms with Crippen molar-refractivity contribution in [3.05, 3.63) is 53.2 Å². The Kier molecular flexibility index (Phi) is 5.71. The van der Waals surface area contributed by atoms with Crippen LogP contribution in [0.5, 0.6) is 0 Å².